The second-order valence-corrected chi connectivity index (χ2v) is 7.22. The third-order valence-electron chi connectivity index (χ3n) is 3.82. The molecule has 1 saturated heterocycles. The minimum absolute atomic E-state index is 0.0393. The van der Waals surface area contributed by atoms with Gasteiger partial charge in [-0.15, -0.1) is 0 Å². The molecule has 1 aromatic heterocycles. The van der Waals surface area contributed by atoms with Gasteiger partial charge in [0.25, 0.3) is 0 Å². The van der Waals surface area contributed by atoms with Crippen molar-refractivity contribution in [2.75, 3.05) is 33.8 Å². The van der Waals surface area contributed by atoms with Gasteiger partial charge < -0.3 is 10.0 Å². The van der Waals surface area contributed by atoms with Gasteiger partial charge in [-0.1, -0.05) is 0 Å². The van der Waals surface area contributed by atoms with E-state index in [1.165, 1.54) is 21.4 Å². The molecule has 0 atom stereocenters. The molecule has 0 saturated carbocycles. The third kappa shape index (κ3) is 3.20. The van der Waals surface area contributed by atoms with Crippen molar-refractivity contribution >= 4 is 10.0 Å². The van der Waals surface area contributed by atoms with Gasteiger partial charge in [0, 0.05) is 19.3 Å². The number of likely N-dealkylation sites (tertiary alicyclic amines) is 1. The number of hydrogen-bond acceptors (Lipinski definition) is 5. The number of sulfonamides is 1. The molecule has 114 valence electrons. The second kappa shape index (κ2) is 6.21. The zero-order valence-corrected chi connectivity index (χ0v) is 12.8. The van der Waals surface area contributed by atoms with Crippen LogP contribution in [0, 0.1) is 0 Å². The number of rotatable bonds is 5. The lowest BCUT2D eigenvalue weighted by Gasteiger charge is -2.34. The van der Waals surface area contributed by atoms with Crippen LogP contribution in [-0.2, 0) is 16.6 Å². The summed E-state index contributed by atoms with van der Waals surface area (Å²) >= 11 is 0. The maximum atomic E-state index is 12.5. The average Bonchev–Trinajstić information content (AvgIpc) is 2.88. The van der Waals surface area contributed by atoms with E-state index in [1.54, 1.807) is 7.05 Å². The minimum Gasteiger partial charge on any atom is -0.394 e. The summed E-state index contributed by atoms with van der Waals surface area (Å²) in [5.74, 6) is 0. The largest absolute Gasteiger partial charge is 0.394 e. The first-order valence-electron chi connectivity index (χ1n) is 6.75. The van der Waals surface area contributed by atoms with Gasteiger partial charge in [0.05, 0.1) is 19.3 Å². The van der Waals surface area contributed by atoms with Crippen LogP contribution in [0.4, 0.5) is 0 Å². The van der Waals surface area contributed by atoms with Crippen molar-refractivity contribution in [3.05, 3.63) is 12.4 Å². The van der Waals surface area contributed by atoms with E-state index in [0.717, 1.165) is 25.9 Å². The van der Waals surface area contributed by atoms with Crippen LogP contribution in [0.5, 0.6) is 0 Å². The Hall–Kier alpha value is -0.960. The number of aliphatic hydroxyl groups is 1. The molecule has 0 amide bonds. The molecular formula is C12H22N4O3S. The Morgan fingerprint density at radius 1 is 1.45 bits per heavy atom. The molecule has 1 aliphatic rings. The predicted molar refractivity (Wildman–Crippen MR) is 74.8 cm³/mol. The zero-order valence-electron chi connectivity index (χ0n) is 11.9. The number of hydrogen-bond donors (Lipinski definition) is 1. The van der Waals surface area contributed by atoms with E-state index in [9.17, 15) is 8.42 Å². The van der Waals surface area contributed by atoms with Crippen LogP contribution in [0.15, 0.2) is 17.3 Å². The molecule has 20 heavy (non-hydrogen) atoms. The summed E-state index contributed by atoms with van der Waals surface area (Å²) in [7, 11) is 0.175. The van der Waals surface area contributed by atoms with Crippen molar-refractivity contribution in [1.29, 1.82) is 0 Å². The molecule has 0 aromatic carbocycles. The first-order chi connectivity index (χ1) is 9.45. The topological polar surface area (TPSA) is 78.7 Å². The molecule has 0 radical (unpaired) electrons. The van der Waals surface area contributed by atoms with Crippen molar-refractivity contribution in [3.63, 3.8) is 0 Å². The summed E-state index contributed by atoms with van der Waals surface area (Å²) in [4.78, 5) is 2.39. The summed E-state index contributed by atoms with van der Waals surface area (Å²) < 4.78 is 28.0. The van der Waals surface area contributed by atoms with Gasteiger partial charge >= 0.3 is 0 Å². The van der Waals surface area contributed by atoms with E-state index < -0.39 is 10.0 Å². The summed E-state index contributed by atoms with van der Waals surface area (Å²) in [6.45, 7) is 2.06. The van der Waals surface area contributed by atoms with Gasteiger partial charge in [0.2, 0.25) is 10.0 Å². The highest BCUT2D eigenvalue weighted by molar-refractivity contribution is 7.89. The molecule has 1 N–H and O–H groups in total. The van der Waals surface area contributed by atoms with Crippen molar-refractivity contribution in [2.45, 2.75) is 30.3 Å². The van der Waals surface area contributed by atoms with Crippen LogP contribution in [0.2, 0.25) is 0 Å². The standard InChI is InChI=1S/C12H22N4O3S/c1-14-5-3-11(4-6-14)15(2)20(18,19)12-9-13-16(10-12)7-8-17/h9-11,17H,3-8H2,1-2H3. The molecule has 0 aliphatic carbocycles. The van der Waals surface area contributed by atoms with Crippen LogP contribution >= 0.6 is 0 Å². The summed E-state index contributed by atoms with van der Waals surface area (Å²) in [5.41, 5.74) is 0. The Bertz CT molecular complexity index is 535. The normalized spacial score (nSPS) is 18.8. The van der Waals surface area contributed by atoms with E-state index in [-0.39, 0.29) is 17.5 Å². The summed E-state index contributed by atoms with van der Waals surface area (Å²) in [5, 5.41) is 12.8. The lowest BCUT2D eigenvalue weighted by Crippen LogP contribution is -2.44. The lowest BCUT2D eigenvalue weighted by atomic mass is 10.1. The molecule has 0 unspecified atom stereocenters. The summed E-state index contributed by atoms with van der Waals surface area (Å²) in [6.07, 6.45) is 4.50. The van der Waals surface area contributed by atoms with Crippen LogP contribution in [-0.4, -0.2) is 72.3 Å². The zero-order chi connectivity index (χ0) is 14.8. The SMILES string of the molecule is CN1CCC(N(C)S(=O)(=O)c2cnn(CCO)c2)CC1. The first kappa shape index (κ1) is 15.4. The number of nitrogens with zero attached hydrogens (tertiary/aromatic N) is 4. The Morgan fingerprint density at radius 3 is 2.70 bits per heavy atom. The van der Waals surface area contributed by atoms with E-state index in [0.29, 0.717) is 6.54 Å². The Balaban J connectivity index is 2.12. The molecule has 2 rings (SSSR count). The van der Waals surface area contributed by atoms with Crippen molar-refractivity contribution in [3.8, 4) is 0 Å². The maximum absolute atomic E-state index is 12.5. The Kier molecular flexibility index (Phi) is 4.79. The van der Waals surface area contributed by atoms with Gasteiger partial charge in [0.1, 0.15) is 4.90 Å². The number of piperidine rings is 1. The van der Waals surface area contributed by atoms with Crippen molar-refractivity contribution in [2.24, 2.45) is 0 Å². The fourth-order valence-electron chi connectivity index (χ4n) is 2.42. The average molecular weight is 302 g/mol. The van der Waals surface area contributed by atoms with Gasteiger partial charge in [-0.25, -0.2) is 8.42 Å². The Labute approximate surface area is 119 Å². The van der Waals surface area contributed by atoms with Crippen molar-refractivity contribution < 1.29 is 13.5 Å². The molecule has 1 aliphatic heterocycles. The summed E-state index contributed by atoms with van der Waals surface area (Å²) in [6, 6.07) is 0.0393. The number of aliphatic hydroxyl groups excluding tert-OH is 1. The molecule has 1 fully saturated rings. The Morgan fingerprint density at radius 2 is 2.10 bits per heavy atom. The molecule has 8 heteroatoms. The van der Waals surface area contributed by atoms with Crippen LogP contribution in [0.25, 0.3) is 0 Å². The van der Waals surface area contributed by atoms with Gasteiger partial charge in [-0.3, -0.25) is 4.68 Å². The highest BCUT2D eigenvalue weighted by Crippen LogP contribution is 2.21. The van der Waals surface area contributed by atoms with Gasteiger partial charge in [0.15, 0.2) is 0 Å². The molecule has 0 bridgehead atoms. The van der Waals surface area contributed by atoms with E-state index in [4.69, 9.17) is 5.11 Å². The molecule has 7 nitrogen and oxygen atoms in total. The smallest absolute Gasteiger partial charge is 0.246 e. The van der Waals surface area contributed by atoms with Crippen LogP contribution in [0.3, 0.4) is 0 Å². The third-order valence-corrected chi connectivity index (χ3v) is 5.68. The number of aromatic nitrogens is 2. The second-order valence-electron chi connectivity index (χ2n) is 5.22. The van der Waals surface area contributed by atoms with Crippen LogP contribution in [0.1, 0.15) is 12.8 Å². The van der Waals surface area contributed by atoms with Crippen molar-refractivity contribution in [1.82, 2.24) is 19.0 Å². The lowest BCUT2D eigenvalue weighted by molar-refractivity contribution is 0.197. The quantitative estimate of drug-likeness (QED) is 0.800. The van der Waals surface area contributed by atoms with E-state index >= 15 is 0 Å². The van der Waals surface area contributed by atoms with Gasteiger partial charge in [-0.05, 0) is 33.0 Å². The fourth-order valence-corrected chi connectivity index (χ4v) is 3.79. The molecule has 0 spiro atoms. The van der Waals surface area contributed by atoms with Crippen LogP contribution < -0.4 is 0 Å². The highest BCUT2D eigenvalue weighted by Gasteiger charge is 2.30. The van der Waals surface area contributed by atoms with E-state index in [1.807, 2.05) is 7.05 Å². The maximum Gasteiger partial charge on any atom is 0.246 e. The molecular weight excluding hydrogens is 280 g/mol. The monoisotopic (exact) mass is 302 g/mol. The minimum atomic E-state index is -3.50. The predicted octanol–water partition coefficient (Wildman–Crippen LogP) is -0.410. The molecule has 1 aromatic rings. The van der Waals surface area contributed by atoms with Gasteiger partial charge in [-0.2, -0.15) is 9.40 Å². The van der Waals surface area contributed by atoms with E-state index in [2.05, 4.69) is 10.00 Å². The molecule has 2 heterocycles. The highest BCUT2D eigenvalue weighted by atomic mass is 32.2. The fraction of sp³-hybridized carbons (Fsp3) is 0.750. The first-order valence-corrected chi connectivity index (χ1v) is 8.19.